The van der Waals surface area contributed by atoms with Crippen molar-refractivity contribution >= 4 is 33.0 Å². The second-order valence-electron chi connectivity index (χ2n) is 7.82. The van der Waals surface area contributed by atoms with Gasteiger partial charge >= 0.3 is 0 Å². The van der Waals surface area contributed by atoms with Crippen molar-refractivity contribution in [2.75, 3.05) is 45.2 Å². The summed E-state index contributed by atoms with van der Waals surface area (Å²) in [4.78, 5) is 18.4. The van der Waals surface area contributed by atoms with Gasteiger partial charge in [-0.3, -0.25) is 9.69 Å². The number of nitrogens with one attached hydrogen (secondary N) is 1. The van der Waals surface area contributed by atoms with Crippen molar-refractivity contribution in [3.63, 3.8) is 0 Å². The summed E-state index contributed by atoms with van der Waals surface area (Å²) >= 11 is 1.29. The molecule has 1 saturated heterocycles. The minimum absolute atomic E-state index is 0.188. The molecule has 0 bridgehead atoms. The first-order chi connectivity index (χ1) is 15.1. The van der Waals surface area contributed by atoms with E-state index in [2.05, 4.69) is 34.2 Å². The average Bonchev–Trinajstić information content (AvgIpc) is 3.16. The minimum Gasteiger partial charge on any atom is -0.380 e. The Kier molecular flexibility index (Phi) is 6.97. The smallest absolute Gasteiger partial charge is 0.266 e. The SMILES string of the molecule is CCN1CCN(Cc2ccc(NC(=O)c3sc4cccc(F)c4c3COC)cc2)CC1. The molecule has 4 rings (SSSR count). The fourth-order valence-corrected chi connectivity index (χ4v) is 5.15. The number of thiophene rings is 1. The summed E-state index contributed by atoms with van der Waals surface area (Å²) in [6.07, 6.45) is 0. The lowest BCUT2D eigenvalue weighted by Gasteiger charge is -2.34. The number of nitrogens with zero attached hydrogens (tertiary/aromatic N) is 2. The lowest BCUT2D eigenvalue weighted by atomic mass is 10.1. The highest BCUT2D eigenvalue weighted by atomic mass is 32.1. The molecular formula is C24H28FN3O2S. The van der Waals surface area contributed by atoms with E-state index >= 15 is 0 Å². The Bertz CT molecular complexity index is 1040. The highest BCUT2D eigenvalue weighted by Crippen LogP contribution is 2.34. The largest absolute Gasteiger partial charge is 0.380 e. The molecule has 0 aliphatic carbocycles. The van der Waals surface area contributed by atoms with Gasteiger partial charge in [-0.25, -0.2) is 4.39 Å². The van der Waals surface area contributed by atoms with Crippen molar-refractivity contribution in [3.8, 4) is 0 Å². The van der Waals surface area contributed by atoms with Crippen LogP contribution in [-0.2, 0) is 17.9 Å². The van der Waals surface area contributed by atoms with Crippen molar-refractivity contribution in [2.24, 2.45) is 0 Å². The second kappa shape index (κ2) is 9.87. The van der Waals surface area contributed by atoms with E-state index in [1.54, 1.807) is 13.2 Å². The van der Waals surface area contributed by atoms with E-state index in [9.17, 15) is 9.18 Å². The molecule has 0 saturated carbocycles. The van der Waals surface area contributed by atoms with Gasteiger partial charge in [0.15, 0.2) is 0 Å². The van der Waals surface area contributed by atoms with Gasteiger partial charge in [-0.2, -0.15) is 0 Å². The Balaban J connectivity index is 1.44. The monoisotopic (exact) mass is 441 g/mol. The highest BCUT2D eigenvalue weighted by Gasteiger charge is 2.21. The van der Waals surface area contributed by atoms with E-state index in [1.165, 1.54) is 23.0 Å². The normalized spacial score (nSPS) is 15.5. The number of hydrogen-bond acceptors (Lipinski definition) is 5. The quantitative estimate of drug-likeness (QED) is 0.583. The Hall–Kier alpha value is -2.32. The first-order valence-corrected chi connectivity index (χ1v) is 11.4. The van der Waals surface area contributed by atoms with Crippen LogP contribution in [-0.4, -0.2) is 55.5 Å². The molecular weight excluding hydrogens is 413 g/mol. The molecule has 31 heavy (non-hydrogen) atoms. The number of carbonyl (C=O) groups is 1. The van der Waals surface area contributed by atoms with Crippen LogP contribution >= 0.6 is 11.3 Å². The van der Waals surface area contributed by atoms with Crippen molar-refractivity contribution in [1.29, 1.82) is 0 Å². The number of halogens is 1. The van der Waals surface area contributed by atoms with Crippen molar-refractivity contribution in [2.45, 2.75) is 20.1 Å². The number of methoxy groups -OCH3 is 1. The molecule has 2 aromatic carbocycles. The van der Waals surface area contributed by atoms with Crippen LogP contribution in [0.4, 0.5) is 10.1 Å². The van der Waals surface area contributed by atoms with Gasteiger partial charge in [0.05, 0.1) is 11.5 Å². The fourth-order valence-electron chi connectivity index (χ4n) is 4.04. The summed E-state index contributed by atoms with van der Waals surface area (Å²) in [6.45, 7) is 8.81. The van der Waals surface area contributed by atoms with Gasteiger partial charge < -0.3 is 15.0 Å². The molecule has 0 spiro atoms. The standard InChI is InChI=1S/C24H28FN3O2S/c1-3-27-11-13-28(14-12-27)15-17-7-9-18(10-8-17)26-24(29)23-19(16-30-2)22-20(25)5-4-6-21(22)31-23/h4-10H,3,11-16H2,1-2H3,(H,26,29). The Morgan fingerprint density at radius 2 is 1.81 bits per heavy atom. The van der Waals surface area contributed by atoms with Crippen LogP contribution in [0.3, 0.4) is 0 Å². The number of amides is 1. The zero-order valence-electron chi connectivity index (χ0n) is 18.0. The Morgan fingerprint density at radius 3 is 2.48 bits per heavy atom. The maximum atomic E-state index is 14.4. The van der Waals surface area contributed by atoms with Gasteiger partial charge in [-0.1, -0.05) is 25.1 Å². The summed E-state index contributed by atoms with van der Waals surface area (Å²) in [5.41, 5.74) is 2.55. The zero-order chi connectivity index (χ0) is 21.8. The predicted molar refractivity (Wildman–Crippen MR) is 124 cm³/mol. The van der Waals surface area contributed by atoms with Gasteiger partial charge in [0.1, 0.15) is 5.82 Å². The zero-order valence-corrected chi connectivity index (χ0v) is 18.8. The molecule has 0 unspecified atom stereocenters. The molecule has 1 fully saturated rings. The molecule has 1 aliphatic heterocycles. The van der Waals surface area contributed by atoms with Gasteiger partial charge in [0, 0.05) is 61.2 Å². The number of benzene rings is 2. The van der Waals surface area contributed by atoms with Crippen LogP contribution in [0.25, 0.3) is 10.1 Å². The summed E-state index contributed by atoms with van der Waals surface area (Å²) in [5, 5.41) is 3.43. The molecule has 0 radical (unpaired) electrons. The van der Waals surface area contributed by atoms with Crippen LogP contribution in [0, 0.1) is 5.82 Å². The maximum absolute atomic E-state index is 14.4. The molecule has 1 amide bonds. The van der Waals surface area contributed by atoms with Crippen LogP contribution in [0.15, 0.2) is 42.5 Å². The number of rotatable bonds is 7. The molecule has 0 atom stereocenters. The Labute approximate surface area is 186 Å². The predicted octanol–water partition coefficient (Wildman–Crippen LogP) is 4.58. The number of anilines is 1. The third-order valence-electron chi connectivity index (χ3n) is 5.79. The molecule has 1 aromatic heterocycles. The lowest BCUT2D eigenvalue weighted by Crippen LogP contribution is -2.45. The van der Waals surface area contributed by atoms with E-state index in [-0.39, 0.29) is 18.3 Å². The molecule has 2 heterocycles. The summed E-state index contributed by atoms with van der Waals surface area (Å²) in [6, 6.07) is 12.9. The van der Waals surface area contributed by atoms with Gasteiger partial charge in [-0.05, 0) is 36.4 Å². The number of hydrogen-bond donors (Lipinski definition) is 1. The van der Waals surface area contributed by atoms with Gasteiger partial charge in [-0.15, -0.1) is 11.3 Å². The maximum Gasteiger partial charge on any atom is 0.266 e. The second-order valence-corrected chi connectivity index (χ2v) is 8.87. The van der Waals surface area contributed by atoms with Crippen LogP contribution in [0.2, 0.25) is 0 Å². The Morgan fingerprint density at radius 1 is 1.10 bits per heavy atom. The number of piperazine rings is 1. The summed E-state index contributed by atoms with van der Waals surface area (Å²) < 4.78 is 20.4. The minimum atomic E-state index is -0.330. The molecule has 164 valence electrons. The lowest BCUT2D eigenvalue weighted by molar-refractivity contribution is 0.102. The molecule has 5 nitrogen and oxygen atoms in total. The van der Waals surface area contributed by atoms with E-state index in [1.807, 2.05) is 18.2 Å². The van der Waals surface area contributed by atoms with E-state index in [0.29, 0.717) is 15.8 Å². The molecule has 1 N–H and O–H groups in total. The highest BCUT2D eigenvalue weighted by molar-refractivity contribution is 7.21. The van der Waals surface area contributed by atoms with Gasteiger partial charge in [0.25, 0.3) is 5.91 Å². The topological polar surface area (TPSA) is 44.8 Å². The summed E-state index contributed by atoms with van der Waals surface area (Å²) in [5.74, 6) is -0.569. The van der Waals surface area contributed by atoms with E-state index in [4.69, 9.17) is 4.74 Å². The third kappa shape index (κ3) is 4.96. The first kappa shape index (κ1) is 21.9. The average molecular weight is 442 g/mol. The fraction of sp³-hybridized carbons (Fsp3) is 0.375. The van der Waals surface area contributed by atoms with Crippen molar-refractivity contribution in [3.05, 3.63) is 64.3 Å². The van der Waals surface area contributed by atoms with Crippen LogP contribution in [0.1, 0.15) is 27.7 Å². The van der Waals surface area contributed by atoms with E-state index in [0.717, 1.165) is 49.7 Å². The molecule has 7 heteroatoms. The van der Waals surface area contributed by atoms with Crippen LogP contribution < -0.4 is 5.32 Å². The molecule has 3 aromatic rings. The summed E-state index contributed by atoms with van der Waals surface area (Å²) in [7, 11) is 1.55. The number of ether oxygens (including phenoxy) is 1. The first-order valence-electron chi connectivity index (χ1n) is 10.6. The van der Waals surface area contributed by atoms with E-state index < -0.39 is 0 Å². The van der Waals surface area contributed by atoms with Gasteiger partial charge in [0.2, 0.25) is 0 Å². The molecule has 1 aliphatic rings. The third-order valence-corrected chi connectivity index (χ3v) is 6.98. The van der Waals surface area contributed by atoms with Crippen molar-refractivity contribution in [1.82, 2.24) is 9.80 Å². The van der Waals surface area contributed by atoms with Crippen molar-refractivity contribution < 1.29 is 13.9 Å². The number of fused-ring (bicyclic) bond motifs is 1. The number of likely N-dealkylation sites (N-methyl/N-ethyl adjacent to an activating group) is 1. The van der Waals surface area contributed by atoms with Crippen LogP contribution in [0.5, 0.6) is 0 Å². The number of carbonyl (C=O) groups excluding carboxylic acids is 1.